The molecule has 0 aromatic heterocycles. The van der Waals surface area contributed by atoms with Gasteiger partial charge in [-0.15, -0.1) is 0 Å². The van der Waals surface area contributed by atoms with Crippen LogP contribution in [-0.2, 0) is 6.54 Å². The maximum atomic E-state index is 13.1. The lowest BCUT2D eigenvalue weighted by Gasteiger charge is -2.09. The molecule has 2 aromatic rings. The Morgan fingerprint density at radius 2 is 1.94 bits per heavy atom. The van der Waals surface area contributed by atoms with Crippen LogP contribution in [0.1, 0.15) is 5.56 Å². The highest BCUT2D eigenvalue weighted by Crippen LogP contribution is 2.30. The van der Waals surface area contributed by atoms with Crippen LogP contribution in [-0.4, -0.2) is 5.11 Å². The molecule has 0 heterocycles. The van der Waals surface area contributed by atoms with E-state index in [1.54, 1.807) is 18.2 Å². The number of halogens is 3. The number of hydrogen-bond donors (Lipinski definition) is 2. The van der Waals surface area contributed by atoms with Crippen LogP contribution in [0.25, 0.3) is 0 Å². The molecule has 18 heavy (non-hydrogen) atoms. The first kappa shape index (κ1) is 13.0. The molecule has 0 fully saturated rings. The SMILES string of the molecule is Oc1cc(F)cc(CNc2cccc(Cl)c2Cl)c1. The summed E-state index contributed by atoms with van der Waals surface area (Å²) in [4.78, 5) is 0. The van der Waals surface area contributed by atoms with Gasteiger partial charge in [0.25, 0.3) is 0 Å². The van der Waals surface area contributed by atoms with E-state index in [1.165, 1.54) is 12.1 Å². The van der Waals surface area contributed by atoms with E-state index in [9.17, 15) is 9.50 Å². The van der Waals surface area contributed by atoms with Crippen molar-refractivity contribution in [3.8, 4) is 5.75 Å². The van der Waals surface area contributed by atoms with Gasteiger partial charge in [-0.3, -0.25) is 0 Å². The van der Waals surface area contributed by atoms with Gasteiger partial charge in [-0.25, -0.2) is 4.39 Å². The number of aromatic hydroxyl groups is 1. The van der Waals surface area contributed by atoms with Crippen molar-refractivity contribution in [2.24, 2.45) is 0 Å². The molecule has 0 atom stereocenters. The number of rotatable bonds is 3. The molecule has 0 aliphatic rings. The van der Waals surface area contributed by atoms with Gasteiger partial charge in [0.2, 0.25) is 0 Å². The van der Waals surface area contributed by atoms with E-state index in [0.29, 0.717) is 27.8 Å². The smallest absolute Gasteiger partial charge is 0.127 e. The number of anilines is 1. The van der Waals surface area contributed by atoms with Crippen LogP contribution in [0.2, 0.25) is 10.0 Å². The third-order valence-electron chi connectivity index (χ3n) is 2.38. The Morgan fingerprint density at radius 1 is 1.17 bits per heavy atom. The van der Waals surface area contributed by atoms with Crippen LogP contribution < -0.4 is 5.32 Å². The summed E-state index contributed by atoms with van der Waals surface area (Å²) in [6, 6.07) is 9.09. The molecule has 0 saturated carbocycles. The van der Waals surface area contributed by atoms with Crippen molar-refractivity contribution < 1.29 is 9.50 Å². The lowest BCUT2D eigenvalue weighted by Crippen LogP contribution is -2.00. The van der Waals surface area contributed by atoms with Crippen LogP contribution in [0.3, 0.4) is 0 Å². The third kappa shape index (κ3) is 3.06. The summed E-state index contributed by atoms with van der Waals surface area (Å²) in [5.41, 5.74) is 1.27. The highest BCUT2D eigenvalue weighted by Gasteiger charge is 2.05. The predicted molar refractivity (Wildman–Crippen MR) is 71.9 cm³/mol. The Bertz CT molecular complexity index is 555. The molecule has 0 saturated heterocycles. The maximum absolute atomic E-state index is 13.1. The molecule has 94 valence electrons. The van der Waals surface area contributed by atoms with Gasteiger partial charge in [0.15, 0.2) is 0 Å². The summed E-state index contributed by atoms with van der Waals surface area (Å²) in [6.07, 6.45) is 0. The van der Waals surface area contributed by atoms with Crippen LogP contribution in [0.15, 0.2) is 36.4 Å². The van der Waals surface area contributed by atoms with Crippen molar-refractivity contribution in [2.45, 2.75) is 6.54 Å². The van der Waals surface area contributed by atoms with Crippen molar-refractivity contribution >= 4 is 28.9 Å². The topological polar surface area (TPSA) is 32.3 Å². The summed E-state index contributed by atoms with van der Waals surface area (Å²) >= 11 is 11.9. The van der Waals surface area contributed by atoms with E-state index in [4.69, 9.17) is 23.2 Å². The zero-order chi connectivity index (χ0) is 13.1. The fraction of sp³-hybridized carbons (Fsp3) is 0.0769. The van der Waals surface area contributed by atoms with E-state index < -0.39 is 5.82 Å². The minimum Gasteiger partial charge on any atom is -0.508 e. The summed E-state index contributed by atoms with van der Waals surface area (Å²) in [5, 5.41) is 13.2. The van der Waals surface area contributed by atoms with Gasteiger partial charge in [0.05, 0.1) is 15.7 Å². The molecule has 0 spiro atoms. The second-order valence-corrected chi connectivity index (χ2v) is 4.56. The Kier molecular flexibility index (Phi) is 3.94. The third-order valence-corrected chi connectivity index (χ3v) is 3.20. The second kappa shape index (κ2) is 5.46. The highest BCUT2D eigenvalue weighted by molar-refractivity contribution is 6.43. The van der Waals surface area contributed by atoms with Crippen molar-refractivity contribution in [2.75, 3.05) is 5.32 Å². The van der Waals surface area contributed by atoms with Gasteiger partial charge in [0, 0.05) is 12.6 Å². The molecule has 0 amide bonds. The Morgan fingerprint density at radius 3 is 2.67 bits per heavy atom. The molecule has 2 rings (SSSR count). The first-order chi connectivity index (χ1) is 8.56. The molecular weight excluding hydrogens is 276 g/mol. The monoisotopic (exact) mass is 285 g/mol. The minimum absolute atomic E-state index is 0.107. The van der Waals surface area contributed by atoms with Gasteiger partial charge < -0.3 is 10.4 Å². The average molecular weight is 286 g/mol. The number of phenolic OH excluding ortho intramolecular Hbond substituents is 1. The minimum atomic E-state index is -0.482. The zero-order valence-corrected chi connectivity index (χ0v) is 10.8. The molecule has 0 aliphatic carbocycles. The summed E-state index contributed by atoms with van der Waals surface area (Å²) < 4.78 is 13.1. The normalized spacial score (nSPS) is 10.4. The number of hydrogen-bond acceptors (Lipinski definition) is 2. The fourth-order valence-electron chi connectivity index (χ4n) is 1.57. The van der Waals surface area contributed by atoms with Crippen molar-refractivity contribution in [3.63, 3.8) is 0 Å². The van der Waals surface area contributed by atoms with E-state index >= 15 is 0 Å². The summed E-state index contributed by atoms with van der Waals surface area (Å²) in [7, 11) is 0. The van der Waals surface area contributed by atoms with Gasteiger partial charge in [-0.1, -0.05) is 29.3 Å². The van der Waals surface area contributed by atoms with Gasteiger partial charge in [-0.2, -0.15) is 0 Å². The first-order valence-electron chi connectivity index (χ1n) is 5.22. The molecule has 2 aromatic carbocycles. The van der Waals surface area contributed by atoms with E-state index in [0.717, 1.165) is 6.07 Å². The second-order valence-electron chi connectivity index (χ2n) is 3.77. The maximum Gasteiger partial charge on any atom is 0.127 e. The molecule has 0 unspecified atom stereocenters. The molecule has 2 nitrogen and oxygen atoms in total. The average Bonchev–Trinajstić information content (AvgIpc) is 2.30. The van der Waals surface area contributed by atoms with Crippen LogP contribution >= 0.6 is 23.2 Å². The van der Waals surface area contributed by atoms with Gasteiger partial charge in [0.1, 0.15) is 11.6 Å². The van der Waals surface area contributed by atoms with Crippen LogP contribution in [0.4, 0.5) is 10.1 Å². The first-order valence-corrected chi connectivity index (χ1v) is 5.98. The number of nitrogens with one attached hydrogen (secondary N) is 1. The predicted octanol–water partition coefficient (Wildman–Crippen LogP) is 4.45. The molecular formula is C13H10Cl2FNO. The molecule has 0 bridgehead atoms. The quantitative estimate of drug-likeness (QED) is 0.873. The van der Waals surface area contributed by atoms with Crippen molar-refractivity contribution in [3.05, 3.63) is 57.8 Å². The van der Waals surface area contributed by atoms with Crippen molar-refractivity contribution in [1.82, 2.24) is 0 Å². The standard InChI is InChI=1S/C13H10Cl2FNO/c14-11-2-1-3-12(13(11)15)17-7-8-4-9(16)6-10(18)5-8/h1-6,17-18H,7H2. The molecule has 2 N–H and O–H groups in total. The van der Waals surface area contributed by atoms with E-state index in [2.05, 4.69) is 5.32 Å². The largest absolute Gasteiger partial charge is 0.508 e. The molecule has 0 aliphatic heterocycles. The molecule has 0 radical (unpaired) electrons. The highest BCUT2D eigenvalue weighted by atomic mass is 35.5. The summed E-state index contributed by atoms with van der Waals surface area (Å²) in [5.74, 6) is -0.590. The van der Waals surface area contributed by atoms with Crippen LogP contribution in [0.5, 0.6) is 5.75 Å². The Labute approximate surface area is 114 Å². The Balaban J connectivity index is 2.14. The van der Waals surface area contributed by atoms with Gasteiger partial charge in [-0.05, 0) is 29.8 Å². The number of benzene rings is 2. The summed E-state index contributed by atoms with van der Waals surface area (Å²) in [6.45, 7) is 0.339. The Hall–Kier alpha value is -1.45. The molecule has 5 heteroatoms. The van der Waals surface area contributed by atoms with E-state index in [1.807, 2.05) is 0 Å². The lowest BCUT2D eigenvalue weighted by molar-refractivity contribution is 0.468. The van der Waals surface area contributed by atoms with Gasteiger partial charge >= 0.3 is 0 Å². The lowest BCUT2D eigenvalue weighted by atomic mass is 10.2. The fourth-order valence-corrected chi connectivity index (χ4v) is 1.94. The zero-order valence-electron chi connectivity index (χ0n) is 9.25. The van der Waals surface area contributed by atoms with Crippen molar-refractivity contribution in [1.29, 1.82) is 0 Å². The number of phenols is 1. The van der Waals surface area contributed by atoms with Crippen LogP contribution in [0, 0.1) is 5.82 Å². The van der Waals surface area contributed by atoms with E-state index in [-0.39, 0.29) is 5.75 Å².